The molecule has 0 radical (unpaired) electrons. The van der Waals surface area contributed by atoms with E-state index in [4.69, 9.17) is 20.5 Å². The van der Waals surface area contributed by atoms with Gasteiger partial charge in [0.15, 0.2) is 0 Å². The number of rotatable bonds is 2. The lowest BCUT2D eigenvalue weighted by atomic mass is 9.86. The summed E-state index contributed by atoms with van der Waals surface area (Å²) in [5, 5.41) is 7.12. The number of nitrogens with one attached hydrogen (secondary N) is 1. The van der Waals surface area contributed by atoms with Crippen molar-refractivity contribution in [2.24, 2.45) is 5.84 Å². The molecule has 11 heteroatoms. The normalized spacial score (nSPS) is 15.0. The summed E-state index contributed by atoms with van der Waals surface area (Å²) in [5.74, 6) is 1.77. The van der Waals surface area contributed by atoms with Crippen LogP contribution >= 0.6 is 0 Å². The van der Waals surface area contributed by atoms with Gasteiger partial charge in [-0.1, -0.05) is 39.0 Å². The number of ether oxygens (including phenoxy) is 1. The van der Waals surface area contributed by atoms with Crippen molar-refractivity contribution in [2.45, 2.75) is 51.3 Å². The van der Waals surface area contributed by atoms with Crippen molar-refractivity contribution in [3.63, 3.8) is 0 Å². The maximum atomic E-state index is 11.8. The standard InChI is InChI=1S/C17H25N3O3.C2HF3O2/c1-17(2,3)13-6-4-5-7-14(13)23-12-8-10-20(11-9-12)16(22)15(21)19-18;3-2(4,5)1(6)7/h4-7,12H,8-11,18H2,1-3H3,(H,19,21);(H,6,7). The molecule has 4 N–H and O–H groups in total. The highest BCUT2D eigenvalue weighted by Gasteiger charge is 2.38. The Balaban J connectivity index is 0.000000553. The first-order valence-corrected chi connectivity index (χ1v) is 9.13. The minimum absolute atomic E-state index is 0.00642. The number of hydrogen-bond acceptors (Lipinski definition) is 5. The molecule has 0 unspecified atom stereocenters. The van der Waals surface area contributed by atoms with Crippen LogP contribution in [0.15, 0.2) is 24.3 Å². The van der Waals surface area contributed by atoms with Gasteiger partial charge in [0.2, 0.25) is 0 Å². The van der Waals surface area contributed by atoms with Gasteiger partial charge in [0, 0.05) is 25.9 Å². The second-order valence-corrected chi connectivity index (χ2v) is 7.63. The number of alkyl halides is 3. The Morgan fingerprint density at radius 2 is 1.63 bits per heavy atom. The van der Waals surface area contributed by atoms with E-state index < -0.39 is 24.0 Å². The van der Waals surface area contributed by atoms with E-state index in [1.807, 2.05) is 23.6 Å². The van der Waals surface area contributed by atoms with E-state index in [-0.39, 0.29) is 11.5 Å². The van der Waals surface area contributed by atoms with Gasteiger partial charge in [0.05, 0.1) is 0 Å². The number of carbonyl (C=O) groups is 3. The number of nitrogens with two attached hydrogens (primary N) is 1. The SMILES string of the molecule is CC(C)(C)c1ccccc1OC1CCN(C(=O)C(=O)NN)CC1.O=C(O)C(F)(F)F. The van der Waals surface area contributed by atoms with Gasteiger partial charge in [-0.3, -0.25) is 15.0 Å². The van der Waals surface area contributed by atoms with E-state index in [1.54, 1.807) is 0 Å². The molecular weight excluding hydrogens is 407 g/mol. The van der Waals surface area contributed by atoms with Gasteiger partial charge in [0.25, 0.3) is 0 Å². The predicted octanol–water partition coefficient (Wildman–Crippen LogP) is 1.98. The van der Waals surface area contributed by atoms with Crippen LogP contribution in [0.2, 0.25) is 0 Å². The van der Waals surface area contributed by atoms with Gasteiger partial charge >= 0.3 is 24.0 Å². The Morgan fingerprint density at radius 1 is 1.13 bits per heavy atom. The lowest BCUT2D eigenvalue weighted by Gasteiger charge is -2.33. The van der Waals surface area contributed by atoms with Crippen LogP contribution in [0.4, 0.5) is 13.2 Å². The summed E-state index contributed by atoms with van der Waals surface area (Å²) in [6.45, 7) is 7.45. The van der Waals surface area contributed by atoms with Crippen molar-refractivity contribution in [3.8, 4) is 5.75 Å². The van der Waals surface area contributed by atoms with Gasteiger partial charge in [0.1, 0.15) is 11.9 Å². The van der Waals surface area contributed by atoms with Crippen molar-refractivity contribution in [2.75, 3.05) is 13.1 Å². The largest absolute Gasteiger partial charge is 0.490 e. The summed E-state index contributed by atoms with van der Waals surface area (Å²) in [6.07, 6.45) is -3.65. The zero-order chi connectivity index (χ0) is 23.1. The summed E-state index contributed by atoms with van der Waals surface area (Å²) in [6, 6.07) is 8.05. The lowest BCUT2D eigenvalue weighted by Crippen LogP contribution is -2.49. The third-order valence-corrected chi connectivity index (χ3v) is 4.29. The second kappa shape index (κ2) is 10.3. The molecule has 2 amide bonds. The molecule has 0 spiro atoms. The number of carboxylic acids is 1. The molecule has 1 saturated heterocycles. The average Bonchev–Trinajstić information content (AvgIpc) is 2.66. The smallest absolute Gasteiger partial charge is 0.490 e. The number of benzene rings is 1. The van der Waals surface area contributed by atoms with E-state index >= 15 is 0 Å². The quantitative estimate of drug-likeness (QED) is 0.284. The highest BCUT2D eigenvalue weighted by atomic mass is 19.4. The van der Waals surface area contributed by atoms with E-state index in [0.717, 1.165) is 5.75 Å². The van der Waals surface area contributed by atoms with E-state index in [9.17, 15) is 22.8 Å². The molecule has 0 aliphatic carbocycles. The molecule has 0 bridgehead atoms. The number of hydrazine groups is 1. The monoisotopic (exact) mass is 433 g/mol. The Kier molecular flexibility index (Phi) is 8.64. The third-order valence-electron chi connectivity index (χ3n) is 4.29. The fraction of sp³-hybridized carbons (Fsp3) is 0.526. The molecule has 168 valence electrons. The third kappa shape index (κ3) is 7.54. The van der Waals surface area contributed by atoms with Crippen LogP contribution in [0.25, 0.3) is 0 Å². The highest BCUT2D eigenvalue weighted by molar-refractivity contribution is 6.34. The van der Waals surface area contributed by atoms with Gasteiger partial charge < -0.3 is 14.7 Å². The number of piperidine rings is 1. The van der Waals surface area contributed by atoms with Crippen LogP contribution in [-0.4, -0.2) is 53.2 Å². The van der Waals surface area contributed by atoms with Crippen LogP contribution in [0, 0.1) is 0 Å². The molecule has 1 aliphatic heterocycles. The van der Waals surface area contributed by atoms with Crippen molar-refractivity contribution in [1.29, 1.82) is 0 Å². The number of aliphatic carboxylic acids is 1. The Hall–Kier alpha value is -2.82. The van der Waals surface area contributed by atoms with Crippen molar-refractivity contribution in [3.05, 3.63) is 29.8 Å². The average molecular weight is 433 g/mol. The number of nitrogens with zero attached hydrogens (tertiary/aromatic N) is 1. The van der Waals surface area contributed by atoms with Crippen LogP contribution in [0.3, 0.4) is 0 Å². The molecule has 2 rings (SSSR count). The fourth-order valence-electron chi connectivity index (χ4n) is 2.75. The Bertz CT molecular complexity index is 755. The second-order valence-electron chi connectivity index (χ2n) is 7.63. The number of carboxylic acid groups (broad SMARTS) is 1. The fourth-order valence-corrected chi connectivity index (χ4v) is 2.75. The molecule has 0 atom stereocenters. The Labute approximate surface area is 172 Å². The molecular formula is C19H26F3N3O5. The maximum Gasteiger partial charge on any atom is 0.490 e. The van der Waals surface area contributed by atoms with Gasteiger partial charge in [-0.15, -0.1) is 0 Å². The summed E-state index contributed by atoms with van der Waals surface area (Å²) in [7, 11) is 0. The zero-order valence-corrected chi connectivity index (χ0v) is 17.0. The minimum atomic E-state index is -5.08. The summed E-state index contributed by atoms with van der Waals surface area (Å²) >= 11 is 0. The van der Waals surface area contributed by atoms with Gasteiger partial charge in [-0.25, -0.2) is 10.6 Å². The molecule has 8 nitrogen and oxygen atoms in total. The van der Waals surface area contributed by atoms with Crippen molar-refractivity contribution in [1.82, 2.24) is 10.3 Å². The highest BCUT2D eigenvalue weighted by Crippen LogP contribution is 2.32. The summed E-state index contributed by atoms with van der Waals surface area (Å²) < 4.78 is 37.9. The molecule has 0 aromatic heterocycles. The van der Waals surface area contributed by atoms with Gasteiger partial charge in [-0.2, -0.15) is 13.2 Å². The number of amides is 2. The van der Waals surface area contributed by atoms with Crippen LogP contribution in [-0.2, 0) is 19.8 Å². The number of likely N-dealkylation sites (tertiary alicyclic amines) is 1. The van der Waals surface area contributed by atoms with Crippen LogP contribution < -0.4 is 16.0 Å². The zero-order valence-electron chi connectivity index (χ0n) is 17.0. The van der Waals surface area contributed by atoms with Gasteiger partial charge in [-0.05, 0) is 17.0 Å². The van der Waals surface area contributed by atoms with E-state index in [0.29, 0.717) is 25.9 Å². The van der Waals surface area contributed by atoms with Crippen molar-refractivity contribution < 1.29 is 37.4 Å². The molecule has 1 aliphatic rings. The minimum Gasteiger partial charge on any atom is -0.490 e. The van der Waals surface area contributed by atoms with E-state index in [1.165, 1.54) is 10.5 Å². The summed E-state index contributed by atoms with van der Waals surface area (Å²) in [4.78, 5) is 33.5. The van der Waals surface area contributed by atoms with E-state index in [2.05, 4.69) is 26.8 Å². The molecule has 1 aromatic carbocycles. The number of carbonyl (C=O) groups excluding carboxylic acids is 2. The van der Waals surface area contributed by atoms with Crippen LogP contribution in [0.5, 0.6) is 5.75 Å². The number of para-hydroxylation sites is 1. The summed E-state index contributed by atoms with van der Waals surface area (Å²) in [5.41, 5.74) is 3.05. The molecule has 0 saturated carbocycles. The molecule has 1 heterocycles. The molecule has 1 aromatic rings. The first-order valence-electron chi connectivity index (χ1n) is 9.13. The Morgan fingerprint density at radius 3 is 2.07 bits per heavy atom. The molecule has 30 heavy (non-hydrogen) atoms. The lowest BCUT2D eigenvalue weighted by molar-refractivity contribution is -0.192. The molecule has 1 fully saturated rings. The predicted molar refractivity (Wildman–Crippen MR) is 101 cm³/mol. The first kappa shape index (κ1) is 25.2. The van der Waals surface area contributed by atoms with Crippen molar-refractivity contribution >= 4 is 17.8 Å². The number of halogens is 3. The first-order chi connectivity index (χ1) is 13.8. The maximum absolute atomic E-state index is 11.8. The number of hydrogen-bond donors (Lipinski definition) is 3. The topological polar surface area (TPSA) is 122 Å². The van der Waals surface area contributed by atoms with Crippen LogP contribution in [0.1, 0.15) is 39.2 Å².